The van der Waals surface area contributed by atoms with Crippen LogP contribution in [0.4, 0.5) is 0 Å². The van der Waals surface area contributed by atoms with Gasteiger partial charge in [-0.25, -0.2) is 13.1 Å². The highest BCUT2D eigenvalue weighted by atomic mass is 79.9. The van der Waals surface area contributed by atoms with Gasteiger partial charge >= 0.3 is 0 Å². The summed E-state index contributed by atoms with van der Waals surface area (Å²) in [4.78, 5) is 4.31. The third-order valence-electron chi connectivity index (χ3n) is 3.03. The molecule has 20 heavy (non-hydrogen) atoms. The van der Waals surface area contributed by atoms with Gasteiger partial charge in [-0.05, 0) is 17.5 Å². The predicted molar refractivity (Wildman–Crippen MR) is 84.5 cm³/mol. The molecule has 1 aromatic heterocycles. The fourth-order valence-corrected chi connectivity index (χ4v) is 3.41. The maximum atomic E-state index is 12.5. The number of hydrogen-bond donors (Lipinski definition) is 1. The molecule has 0 fully saturated rings. The Balaban J connectivity index is 2.38. The van der Waals surface area contributed by atoms with E-state index in [2.05, 4.69) is 25.6 Å². The van der Waals surface area contributed by atoms with Gasteiger partial charge in [-0.15, -0.1) is 0 Å². The predicted octanol–water partition coefficient (Wildman–Crippen LogP) is 2.93. The molecule has 0 radical (unpaired) electrons. The summed E-state index contributed by atoms with van der Waals surface area (Å²) in [5.41, 5.74) is -0.140. The molecule has 0 amide bonds. The molecule has 0 saturated carbocycles. The van der Waals surface area contributed by atoms with E-state index in [1.165, 1.54) is 0 Å². The van der Waals surface area contributed by atoms with E-state index in [-0.39, 0.29) is 5.41 Å². The number of benzene rings is 1. The van der Waals surface area contributed by atoms with Gasteiger partial charge in [0.1, 0.15) is 0 Å². The fraction of sp³-hybridized carbons (Fsp3) is 0.357. The van der Waals surface area contributed by atoms with Gasteiger partial charge in [0.2, 0.25) is 10.0 Å². The van der Waals surface area contributed by atoms with E-state index in [1.807, 2.05) is 19.9 Å². The first-order chi connectivity index (χ1) is 9.36. The summed E-state index contributed by atoms with van der Waals surface area (Å²) in [7, 11) is -3.53. The second kappa shape index (κ2) is 5.79. The Morgan fingerprint density at radius 2 is 2.05 bits per heavy atom. The highest BCUT2D eigenvalue weighted by molar-refractivity contribution is 9.09. The van der Waals surface area contributed by atoms with Crippen LogP contribution in [-0.2, 0) is 10.0 Å². The van der Waals surface area contributed by atoms with Crippen molar-refractivity contribution in [2.24, 2.45) is 5.41 Å². The zero-order valence-electron chi connectivity index (χ0n) is 11.4. The molecule has 0 atom stereocenters. The lowest BCUT2D eigenvalue weighted by Gasteiger charge is -2.22. The number of fused-ring (bicyclic) bond motifs is 1. The molecular formula is C14H17BrN2O2S. The Labute approximate surface area is 127 Å². The second-order valence-electron chi connectivity index (χ2n) is 5.48. The zero-order chi connectivity index (χ0) is 14.8. The Hall–Kier alpha value is -0.980. The minimum Gasteiger partial charge on any atom is -0.264 e. The molecule has 0 unspecified atom stereocenters. The number of sulfonamides is 1. The quantitative estimate of drug-likeness (QED) is 0.837. The number of halogens is 1. The molecule has 0 spiro atoms. The molecule has 0 aliphatic rings. The van der Waals surface area contributed by atoms with E-state index >= 15 is 0 Å². The van der Waals surface area contributed by atoms with Crippen molar-refractivity contribution in [3.05, 3.63) is 36.7 Å². The molecule has 0 aliphatic heterocycles. The Kier molecular flexibility index (Phi) is 4.46. The van der Waals surface area contributed by atoms with Gasteiger partial charge in [-0.2, -0.15) is 0 Å². The first-order valence-electron chi connectivity index (χ1n) is 6.24. The van der Waals surface area contributed by atoms with Gasteiger partial charge in [-0.3, -0.25) is 4.98 Å². The number of nitrogens with one attached hydrogen (secondary N) is 1. The van der Waals surface area contributed by atoms with Crippen LogP contribution in [0, 0.1) is 5.41 Å². The molecule has 0 aliphatic carbocycles. The smallest absolute Gasteiger partial charge is 0.241 e. The maximum Gasteiger partial charge on any atom is 0.241 e. The highest BCUT2D eigenvalue weighted by Gasteiger charge is 2.22. The number of nitrogens with zero attached hydrogens (tertiary/aromatic N) is 1. The first-order valence-corrected chi connectivity index (χ1v) is 8.85. The average Bonchev–Trinajstić information content (AvgIpc) is 2.45. The van der Waals surface area contributed by atoms with E-state index in [9.17, 15) is 8.42 Å². The van der Waals surface area contributed by atoms with Gasteiger partial charge in [0.25, 0.3) is 0 Å². The maximum absolute atomic E-state index is 12.5. The van der Waals surface area contributed by atoms with Crippen molar-refractivity contribution in [3.63, 3.8) is 0 Å². The van der Waals surface area contributed by atoms with E-state index in [0.717, 1.165) is 10.7 Å². The summed E-state index contributed by atoms with van der Waals surface area (Å²) in [5, 5.41) is 2.23. The van der Waals surface area contributed by atoms with Crippen LogP contribution in [0.15, 0.2) is 41.6 Å². The van der Waals surface area contributed by atoms with Crippen LogP contribution in [0.3, 0.4) is 0 Å². The van der Waals surface area contributed by atoms with Crippen LogP contribution in [0.1, 0.15) is 13.8 Å². The SMILES string of the molecule is CC(C)(CBr)CNS(=O)(=O)c1cccc2cnccc12. The van der Waals surface area contributed by atoms with Crippen LogP contribution >= 0.6 is 15.9 Å². The van der Waals surface area contributed by atoms with Gasteiger partial charge in [-0.1, -0.05) is 41.9 Å². The molecule has 108 valence electrons. The summed E-state index contributed by atoms with van der Waals surface area (Å²) in [5.74, 6) is 0. The van der Waals surface area contributed by atoms with Crippen molar-refractivity contribution in [1.29, 1.82) is 0 Å². The van der Waals surface area contributed by atoms with Crippen LogP contribution in [0.25, 0.3) is 10.8 Å². The van der Waals surface area contributed by atoms with Crippen LogP contribution in [0.2, 0.25) is 0 Å². The van der Waals surface area contributed by atoms with Crippen molar-refractivity contribution in [2.45, 2.75) is 18.7 Å². The zero-order valence-corrected chi connectivity index (χ0v) is 13.8. The van der Waals surface area contributed by atoms with E-state index < -0.39 is 10.0 Å². The minimum atomic E-state index is -3.53. The number of hydrogen-bond acceptors (Lipinski definition) is 3. The molecule has 2 rings (SSSR count). The topological polar surface area (TPSA) is 59.1 Å². The van der Waals surface area contributed by atoms with E-state index in [4.69, 9.17) is 0 Å². The minimum absolute atomic E-state index is 0.140. The third kappa shape index (κ3) is 3.37. The lowest BCUT2D eigenvalue weighted by molar-refractivity contribution is 0.420. The second-order valence-corrected chi connectivity index (χ2v) is 7.77. The summed E-state index contributed by atoms with van der Waals surface area (Å²) < 4.78 is 27.6. The summed E-state index contributed by atoms with van der Waals surface area (Å²) in [6.07, 6.45) is 3.26. The van der Waals surface area contributed by atoms with E-state index in [1.54, 1.807) is 30.6 Å². The van der Waals surface area contributed by atoms with Crippen molar-refractivity contribution in [3.8, 4) is 0 Å². The lowest BCUT2D eigenvalue weighted by atomic mass is 9.98. The molecule has 2 aromatic rings. The molecule has 0 bridgehead atoms. The van der Waals surface area contributed by atoms with Crippen LogP contribution in [-0.4, -0.2) is 25.3 Å². The number of aromatic nitrogens is 1. The van der Waals surface area contributed by atoms with Crippen molar-refractivity contribution >= 4 is 36.7 Å². The van der Waals surface area contributed by atoms with Crippen molar-refractivity contribution in [2.75, 3.05) is 11.9 Å². The molecule has 6 heteroatoms. The highest BCUT2D eigenvalue weighted by Crippen LogP contribution is 2.23. The fourth-order valence-electron chi connectivity index (χ4n) is 1.74. The summed E-state index contributed by atoms with van der Waals surface area (Å²) in [6, 6.07) is 6.92. The van der Waals surface area contributed by atoms with E-state index in [0.29, 0.717) is 16.8 Å². The molecular weight excluding hydrogens is 340 g/mol. The average molecular weight is 357 g/mol. The van der Waals surface area contributed by atoms with Gasteiger partial charge < -0.3 is 0 Å². The number of pyridine rings is 1. The molecule has 1 aromatic carbocycles. The summed E-state index contributed by atoms with van der Waals surface area (Å²) in [6.45, 7) is 4.37. The monoisotopic (exact) mass is 356 g/mol. The largest absolute Gasteiger partial charge is 0.264 e. The number of alkyl halides is 1. The molecule has 1 N–H and O–H groups in total. The van der Waals surface area contributed by atoms with Crippen LogP contribution < -0.4 is 4.72 Å². The van der Waals surface area contributed by atoms with Crippen LogP contribution in [0.5, 0.6) is 0 Å². The van der Waals surface area contributed by atoms with Crippen molar-refractivity contribution in [1.82, 2.24) is 9.71 Å². The first kappa shape index (κ1) is 15.4. The van der Waals surface area contributed by atoms with Gasteiger partial charge in [0.05, 0.1) is 4.90 Å². The third-order valence-corrected chi connectivity index (χ3v) is 6.01. The van der Waals surface area contributed by atoms with Gasteiger partial charge in [0, 0.05) is 35.0 Å². The lowest BCUT2D eigenvalue weighted by Crippen LogP contribution is -2.35. The Morgan fingerprint density at radius 3 is 2.75 bits per heavy atom. The standard InChI is InChI=1S/C14H17BrN2O2S/c1-14(2,9-15)10-17-20(18,19)13-5-3-4-11-8-16-7-6-12(11)13/h3-8,17H,9-10H2,1-2H3. The Morgan fingerprint density at radius 1 is 1.30 bits per heavy atom. The summed E-state index contributed by atoms with van der Waals surface area (Å²) >= 11 is 3.39. The van der Waals surface area contributed by atoms with Gasteiger partial charge in [0.15, 0.2) is 0 Å². The number of rotatable bonds is 5. The molecule has 4 nitrogen and oxygen atoms in total. The Bertz CT molecular complexity index is 709. The molecule has 0 saturated heterocycles. The molecule has 1 heterocycles. The normalized spacial score (nSPS) is 12.8. The van der Waals surface area contributed by atoms with Crippen molar-refractivity contribution < 1.29 is 8.42 Å².